The van der Waals surface area contributed by atoms with Crippen LogP contribution in [-0.2, 0) is 11.2 Å². The highest BCUT2D eigenvalue weighted by Gasteiger charge is 2.15. The number of allylic oxidation sites excluding steroid dienone is 2. The molecule has 2 nitrogen and oxygen atoms in total. The molecular formula is C13H11ClO2. The fraction of sp³-hybridized carbons (Fsp3) is 0.154. The summed E-state index contributed by atoms with van der Waals surface area (Å²) >= 11 is 6.23. The molecular weight excluding hydrogens is 224 g/mol. The molecule has 2 rings (SSSR count). The van der Waals surface area contributed by atoms with Crippen LogP contribution in [0.1, 0.15) is 17.5 Å². The molecule has 0 saturated carbocycles. The Kier molecular flexibility index (Phi) is 3.11. The van der Waals surface area contributed by atoms with Crippen molar-refractivity contribution in [3.05, 3.63) is 53.1 Å². The largest absolute Gasteiger partial charge is 0.478 e. The fourth-order valence-electron chi connectivity index (χ4n) is 1.83. The summed E-state index contributed by atoms with van der Waals surface area (Å²) in [5, 5.41) is 9.24. The van der Waals surface area contributed by atoms with Crippen molar-refractivity contribution >= 4 is 22.6 Å². The number of aliphatic carboxylic acids is 1. The summed E-state index contributed by atoms with van der Waals surface area (Å²) in [6, 6.07) is 7.94. The van der Waals surface area contributed by atoms with Gasteiger partial charge in [-0.25, -0.2) is 4.79 Å². The summed E-state index contributed by atoms with van der Waals surface area (Å²) in [6.45, 7) is 0. The summed E-state index contributed by atoms with van der Waals surface area (Å²) in [5.74, 6) is -0.948. The summed E-state index contributed by atoms with van der Waals surface area (Å²) in [6.07, 6.45) is 4.41. The van der Waals surface area contributed by atoms with Gasteiger partial charge in [0.15, 0.2) is 0 Å². The third-order valence-electron chi connectivity index (χ3n) is 2.63. The number of benzene rings is 1. The molecule has 0 radical (unpaired) electrons. The minimum Gasteiger partial charge on any atom is -0.478 e. The Morgan fingerprint density at radius 3 is 2.81 bits per heavy atom. The number of halogens is 1. The van der Waals surface area contributed by atoms with Crippen molar-refractivity contribution in [2.75, 3.05) is 0 Å². The van der Waals surface area contributed by atoms with E-state index in [1.54, 1.807) is 6.08 Å². The molecule has 0 unspecified atom stereocenters. The molecule has 1 aliphatic carbocycles. The number of carbonyl (C=O) groups is 1. The first kappa shape index (κ1) is 11.0. The monoisotopic (exact) mass is 234 g/mol. The zero-order valence-corrected chi connectivity index (χ0v) is 9.37. The van der Waals surface area contributed by atoms with Gasteiger partial charge in [-0.2, -0.15) is 0 Å². The second kappa shape index (κ2) is 4.54. The number of rotatable bonds is 2. The second-order valence-corrected chi connectivity index (χ2v) is 4.05. The van der Waals surface area contributed by atoms with Gasteiger partial charge < -0.3 is 5.11 Å². The number of hydrogen-bond acceptors (Lipinski definition) is 1. The van der Waals surface area contributed by atoms with E-state index in [4.69, 9.17) is 16.7 Å². The molecule has 1 aromatic carbocycles. The summed E-state index contributed by atoms with van der Waals surface area (Å²) in [7, 11) is 0. The minimum atomic E-state index is -0.948. The molecule has 0 heterocycles. The Morgan fingerprint density at radius 1 is 1.31 bits per heavy atom. The second-order valence-electron chi connectivity index (χ2n) is 3.67. The highest BCUT2D eigenvalue weighted by Crippen LogP contribution is 2.34. The van der Waals surface area contributed by atoms with Crippen molar-refractivity contribution < 1.29 is 9.90 Å². The standard InChI is InChI=1S/C13H11ClO2/c14-13-10(7-8-12(15)16)6-5-9-3-1-2-4-11(9)13/h1-4,7-8H,5-6H2,(H,15,16). The van der Waals surface area contributed by atoms with E-state index in [0.717, 1.165) is 30.1 Å². The molecule has 0 saturated heterocycles. The maximum Gasteiger partial charge on any atom is 0.328 e. The Morgan fingerprint density at radius 2 is 2.06 bits per heavy atom. The molecule has 0 aliphatic heterocycles. The zero-order valence-electron chi connectivity index (χ0n) is 8.61. The third kappa shape index (κ3) is 2.17. The topological polar surface area (TPSA) is 37.3 Å². The van der Waals surface area contributed by atoms with Gasteiger partial charge in [-0.1, -0.05) is 41.9 Å². The maximum atomic E-state index is 10.4. The minimum absolute atomic E-state index is 0.666. The van der Waals surface area contributed by atoms with Gasteiger partial charge in [0, 0.05) is 6.08 Å². The average molecular weight is 235 g/mol. The highest BCUT2D eigenvalue weighted by atomic mass is 35.5. The van der Waals surface area contributed by atoms with E-state index in [2.05, 4.69) is 6.07 Å². The number of aryl methyl sites for hydroxylation is 1. The van der Waals surface area contributed by atoms with Crippen LogP contribution in [0, 0.1) is 0 Å². The van der Waals surface area contributed by atoms with Crippen molar-refractivity contribution in [1.82, 2.24) is 0 Å². The van der Waals surface area contributed by atoms with E-state index in [1.807, 2.05) is 18.2 Å². The maximum absolute atomic E-state index is 10.4. The molecule has 1 N–H and O–H groups in total. The fourth-order valence-corrected chi connectivity index (χ4v) is 2.17. The van der Waals surface area contributed by atoms with Crippen molar-refractivity contribution in [2.45, 2.75) is 12.8 Å². The van der Waals surface area contributed by atoms with Gasteiger partial charge in [-0.05, 0) is 29.5 Å². The van der Waals surface area contributed by atoms with Crippen molar-refractivity contribution in [1.29, 1.82) is 0 Å². The van der Waals surface area contributed by atoms with Gasteiger partial charge in [0.05, 0.1) is 5.03 Å². The molecule has 0 bridgehead atoms. The third-order valence-corrected chi connectivity index (χ3v) is 3.07. The van der Waals surface area contributed by atoms with Crippen molar-refractivity contribution in [2.24, 2.45) is 0 Å². The molecule has 1 aromatic rings. The van der Waals surface area contributed by atoms with E-state index in [1.165, 1.54) is 5.56 Å². The lowest BCUT2D eigenvalue weighted by atomic mass is 9.92. The summed E-state index contributed by atoms with van der Waals surface area (Å²) in [5.41, 5.74) is 3.13. The Balaban J connectivity index is 2.39. The van der Waals surface area contributed by atoms with Crippen LogP contribution >= 0.6 is 11.6 Å². The number of carboxylic acid groups (broad SMARTS) is 1. The van der Waals surface area contributed by atoms with Gasteiger partial charge in [-0.15, -0.1) is 0 Å². The normalized spacial score (nSPS) is 15.3. The Bertz CT molecular complexity index is 486. The number of fused-ring (bicyclic) bond motifs is 1. The lowest BCUT2D eigenvalue weighted by Gasteiger charge is -2.17. The molecule has 1 aliphatic rings. The lowest BCUT2D eigenvalue weighted by molar-refractivity contribution is -0.131. The smallest absolute Gasteiger partial charge is 0.328 e. The van der Waals surface area contributed by atoms with Gasteiger partial charge in [-0.3, -0.25) is 0 Å². The molecule has 0 spiro atoms. The molecule has 16 heavy (non-hydrogen) atoms. The van der Waals surface area contributed by atoms with E-state index in [9.17, 15) is 4.79 Å². The SMILES string of the molecule is O=C(O)C=CC1=C(Cl)c2ccccc2CC1. The average Bonchev–Trinajstić information content (AvgIpc) is 2.28. The molecule has 0 aromatic heterocycles. The molecule has 0 atom stereocenters. The molecule has 0 amide bonds. The van der Waals surface area contributed by atoms with Gasteiger partial charge in [0.1, 0.15) is 0 Å². The summed E-state index contributed by atoms with van der Waals surface area (Å²) < 4.78 is 0. The van der Waals surface area contributed by atoms with Gasteiger partial charge in [0.25, 0.3) is 0 Å². The predicted octanol–water partition coefficient (Wildman–Crippen LogP) is 3.22. The first-order valence-corrected chi connectivity index (χ1v) is 5.44. The molecule has 0 fully saturated rings. The predicted molar refractivity (Wildman–Crippen MR) is 64.3 cm³/mol. The zero-order chi connectivity index (χ0) is 11.5. The highest BCUT2D eigenvalue weighted by molar-refractivity contribution is 6.49. The van der Waals surface area contributed by atoms with Crippen molar-refractivity contribution in [3.8, 4) is 0 Å². The first-order valence-electron chi connectivity index (χ1n) is 5.06. The lowest BCUT2D eigenvalue weighted by Crippen LogP contribution is -2.01. The number of hydrogen-bond donors (Lipinski definition) is 1. The summed E-state index contributed by atoms with van der Waals surface area (Å²) in [4.78, 5) is 10.4. The Hall–Kier alpha value is -1.54. The van der Waals surface area contributed by atoms with E-state index >= 15 is 0 Å². The Labute approximate surface area is 98.9 Å². The van der Waals surface area contributed by atoms with Crippen LogP contribution in [-0.4, -0.2) is 11.1 Å². The van der Waals surface area contributed by atoms with Crippen molar-refractivity contribution in [3.63, 3.8) is 0 Å². The quantitative estimate of drug-likeness (QED) is 0.798. The van der Waals surface area contributed by atoms with E-state index in [0.29, 0.717) is 5.03 Å². The van der Waals surface area contributed by atoms with Crippen LogP contribution < -0.4 is 0 Å². The van der Waals surface area contributed by atoms with Crippen LogP contribution in [0.15, 0.2) is 42.0 Å². The van der Waals surface area contributed by atoms with Gasteiger partial charge >= 0.3 is 5.97 Å². The van der Waals surface area contributed by atoms with Crippen LogP contribution in [0.5, 0.6) is 0 Å². The number of carboxylic acids is 1. The first-order chi connectivity index (χ1) is 7.68. The van der Waals surface area contributed by atoms with Crippen LogP contribution in [0.2, 0.25) is 0 Å². The molecule has 3 heteroatoms. The van der Waals surface area contributed by atoms with E-state index in [-0.39, 0.29) is 0 Å². The van der Waals surface area contributed by atoms with E-state index < -0.39 is 5.97 Å². The van der Waals surface area contributed by atoms with Gasteiger partial charge in [0.2, 0.25) is 0 Å². The van der Waals surface area contributed by atoms with Crippen LogP contribution in [0.3, 0.4) is 0 Å². The van der Waals surface area contributed by atoms with Crippen LogP contribution in [0.4, 0.5) is 0 Å². The van der Waals surface area contributed by atoms with Crippen LogP contribution in [0.25, 0.3) is 5.03 Å². The molecule has 82 valence electrons.